The summed E-state index contributed by atoms with van der Waals surface area (Å²) >= 11 is 0. The number of likely N-dealkylation sites (tertiary alicyclic amines) is 1. The summed E-state index contributed by atoms with van der Waals surface area (Å²) in [5.74, 6) is 2.28. The highest BCUT2D eigenvalue weighted by molar-refractivity contribution is 5.82. The summed E-state index contributed by atoms with van der Waals surface area (Å²) in [7, 11) is 0. The van der Waals surface area contributed by atoms with E-state index in [2.05, 4.69) is 22.0 Å². The number of aromatic nitrogens is 2. The van der Waals surface area contributed by atoms with Gasteiger partial charge in [-0.2, -0.15) is 4.98 Å². The summed E-state index contributed by atoms with van der Waals surface area (Å²) in [6, 6.07) is 0. The first-order valence-corrected chi connectivity index (χ1v) is 9.87. The highest BCUT2D eigenvalue weighted by Gasteiger charge is 2.38. The number of amides is 1. The zero-order valence-electron chi connectivity index (χ0n) is 15.2. The fourth-order valence-corrected chi connectivity index (χ4v) is 4.18. The zero-order valence-corrected chi connectivity index (χ0v) is 15.2. The van der Waals surface area contributed by atoms with Crippen LogP contribution in [0.25, 0.3) is 0 Å². The van der Waals surface area contributed by atoms with Crippen LogP contribution in [0.5, 0.6) is 0 Å². The Kier molecular flexibility index (Phi) is 4.80. The number of carbonyl (C=O) groups excluding carboxylic acids is 1. The van der Waals surface area contributed by atoms with Crippen molar-refractivity contribution < 1.29 is 14.1 Å². The highest BCUT2D eigenvalue weighted by Crippen LogP contribution is 2.39. The van der Waals surface area contributed by atoms with Crippen LogP contribution in [0.2, 0.25) is 0 Å². The van der Waals surface area contributed by atoms with E-state index < -0.39 is 0 Å². The summed E-state index contributed by atoms with van der Waals surface area (Å²) in [6.07, 6.45) is 10.1. The summed E-state index contributed by atoms with van der Waals surface area (Å²) in [5.41, 5.74) is -0.130. The van der Waals surface area contributed by atoms with Gasteiger partial charge < -0.3 is 14.2 Å². The lowest BCUT2D eigenvalue weighted by Crippen LogP contribution is -2.48. The van der Waals surface area contributed by atoms with E-state index in [0.717, 1.165) is 44.6 Å². The quantitative estimate of drug-likeness (QED) is 0.816. The number of rotatable bonds is 5. The Morgan fingerprint density at radius 3 is 2.60 bits per heavy atom. The Balaban J connectivity index is 1.23. The Morgan fingerprint density at radius 1 is 1.20 bits per heavy atom. The van der Waals surface area contributed by atoms with Crippen molar-refractivity contribution in [2.24, 2.45) is 5.41 Å². The fraction of sp³-hybridized carbons (Fsp3) is 0.842. The van der Waals surface area contributed by atoms with E-state index in [-0.39, 0.29) is 11.5 Å². The van der Waals surface area contributed by atoms with E-state index in [4.69, 9.17) is 9.26 Å². The predicted molar refractivity (Wildman–Crippen MR) is 91.9 cm³/mol. The minimum atomic E-state index is -0.130. The molecule has 0 spiro atoms. The van der Waals surface area contributed by atoms with Crippen molar-refractivity contribution in [2.75, 3.05) is 13.1 Å². The molecule has 0 atom stereocenters. The van der Waals surface area contributed by atoms with Crippen LogP contribution >= 0.6 is 0 Å². The molecule has 0 N–H and O–H groups in total. The predicted octanol–water partition coefficient (Wildman–Crippen LogP) is 3.43. The smallest absolute Gasteiger partial charge is 0.252 e. The second-order valence-electron chi connectivity index (χ2n) is 8.24. The van der Waals surface area contributed by atoms with Crippen LogP contribution in [0.4, 0.5) is 0 Å². The number of ether oxygens (including phenoxy) is 1. The number of hydrogen-bond donors (Lipinski definition) is 0. The molecule has 4 rings (SSSR count). The van der Waals surface area contributed by atoms with Gasteiger partial charge in [0.25, 0.3) is 5.89 Å². The average molecular weight is 347 g/mol. The SMILES string of the molecule is CC1(C(=O)N2CCC(OCc3nc(C4CC4)no3)CC2)CCCCC1. The molecule has 138 valence electrons. The van der Waals surface area contributed by atoms with Crippen molar-refractivity contribution >= 4 is 5.91 Å². The third-order valence-electron chi connectivity index (χ3n) is 6.07. The van der Waals surface area contributed by atoms with Gasteiger partial charge in [-0.05, 0) is 38.5 Å². The normalized spacial score (nSPS) is 24.4. The molecular formula is C19H29N3O3. The second-order valence-corrected chi connectivity index (χ2v) is 8.24. The molecule has 3 fully saturated rings. The lowest BCUT2D eigenvalue weighted by Gasteiger charge is -2.40. The molecule has 1 aromatic rings. The summed E-state index contributed by atoms with van der Waals surface area (Å²) in [5, 5.41) is 4.02. The average Bonchev–Trinajstić information content (AvgIpc) is 3.39. The maximum Gasteiger partial charge on any atom is 0.252 e. The zero-order chi connectivity index (χ0) is 17.3. The molecule has 0 aromatic carbocycles. The van der Waals surface area contributed by atoms with E-state index >= 15 is 0 Å². The van der Waals surface area contributed by atoms with Gasteiger partial charge in [0.05, 0.1) is 6.10 Å². The van der Waals surface area contributed by atoms with Gasteiger partial charge in [-0.15, -0.1) is 0 Å². The number of hydrogen-bond acceptors (Lipinski definition) is 5. The van der Waals surface area contributed by atoms with Crippen molar-refractivity contribution in [1.82, 2.24) is 15.0 Å². The molecule has 25 heavy (non-hydrogen) atoms. The molecule has 2 saturated carbocycles. The first-order chi connectivity index (χ1) is 12.1. The van der Waals surface area contributed by atoms with Crippen molar-refractivity contribution in [1.29, 1.82) is 0 Å². The Labute approximate surface area is 149 Å². The van der Waals surface area contributed by atoms with E-state index in [1.54, 1.807) is 0 Å². The third-order valence-corrected chi connectivity index (χ3v) is 6.07. The van der Waals surface area contributed by atoms with Gasteiger partial charge in [0, 0.05) is 24.4 Å². The minimum absolute atomic E-state index is 0.130. The molecule has 1 saturated heterocycles. The maximum atomic E-state index is 12.9. The van der Waals surface area contributed by atoms with Crippen LogP contribution in [0.3, 0.4) is 0 Å². The molecule has 0 unspecified atom stereocenters. The van der Waals surface area contributed by atoms with Gasteiger partial charge in [-0.3, -0.25) is 4.79 Å². The molecular weight excluding hydrogens is 318 g/mol. The van der Waals surface area contributed by atoms with Gasteiger partial charge in [-0.1, -0.05) is 31.3 Å². The van der Waals surface area contributed by atoms with Crippen molar-refractivity contribution in [2.45, 2.75) is 83.3 Å². The lowest BCUT2D eigenvalue weighted by molar-refractivity contribution is -0.146. The van der Waals surface area contributed by atoms with E-state index in [1.807, 2.05) is 0 Å². The number of carbonyl (C=O) groups is 1. The van der Waals surface area contributed by atoms with Crippen molar-refractivity contribution in [3.05, 3.63) is 11.7 Å². The minimum Gasteiger partial charge on any atom is -0.368 e. The Bertz CT molecular complexity index is 597. The molecule has 0 bridgehead atoms. The molecule has 3 aliphatic rings. The maximum absolute atomic E-state index is 12.9. The van der Waals surface area contributed by atoms with Gasteiger partial charge in [0.1, 0.15) is 6.61 Å². The van der Waals surface area contributed by atoms with E-state index in [9.17, 15) is 4.79 Å². The summed E-state index contributed by atoms with van der Waals surface area (Å²) in [4.78, 5) is 19.3. The third kappa shape index (κ3) is 3.89. The Morgan fingerprint density at radius 2 is 1.92 bits per heavy atom. The standard InChI is InChI=1S/C19H29N3O3/c1-19(9-3-2-4-10-19)18(23)22-11-7-15(8-12-22)24-13-16-20-17(21-25-16)14-5-6-14/h14-15H,2-13H2,1H3. The second kappa shape index (κ2) is 7.06. The Hall–Kier alpha value is -1.43. The first-order valence-electron chi connectivity index (χ1n) is 9.87. The van der Waals surface area contributed by atoms with Crippen LogP contribution in [0.1, 0.15) is 82.3 Å². The highest BCUT2D eigenvalue weighted by atomic mass is 16.5. The van der Waals surface area contributed by atoms with Crippen LogP contribution in [-0.4, -0.2) is 40.1 Å². The largest absolute Gasteiger partial charge is 0.368 e. The van der Waals surface area contributed by atoms with Gasteiger partial charge in [0.2, 0.25) is 5.91 Å². The fourth-order valence-electron chi connectivity index (χ4n) is 4.18. The van der Waals surface area contributed by atoms with Gasteiger partial charge in [-0.25, -0.2) is 0 Å². The van der Waals surface area contributed by atoms with Crippen molar-refractivity contribution in [3.8, 4) is 0 Å². The van der Waals surface area contributed by atoms with Gasteiger partial charge >= 0.3 is 0 Å². The number of piperidine rings is 1. The summed E-state index contributed by atoms with van der Waals surface area (Å²) in [6.45, 7) is 4.15. The topological polar surface area (TPSA) is 68.5 Å². The van der Waals surface area contributed by atoms with E-state index in [1.165, 1.54) is 32.1 Å². The van der Waals surface area contributed by atoms with Crippen LogP contribution in [0.15, 0.2) is 4.52 Å². The van der Waals surface area contributed by atoms with Crippen LogP contribution in [-0.2, 0) is 16.1 Å². The molecule has 1 aliphatic heterocycles. The van der Waals surface area contributed by atoms with E-state index in [0.29, 0.717) is 24.3 Å². The lowest BCUT2D eigenvalue weighted by atomic mass is 9.74. The molecule has 1 amide bonds. The monoisotopic (exact) mass is 347 g/mol. The van der Waals surface area contributed by atoms with Crippen LogP contribution < -0.4 is 0 Å². The van der Waals surface area contributed by atoms with Gasteiger partial charge in [0.15, 0.2) is 5.82 Å². The molecule has 2 aliphatic carbocycles. The summed E-state index contributed by atoms with van der Waals surface area (Å²) < 4.78 is 11.2. The number of nitrogens with zero attached hydrogens (tertiary/aromatic N) is 3. The molecule has 1 aromatic heterocycles. The molecule has 0 radical (unpaired) electrons. The van der Waals surface area contributed by atoms with Crippen LogP contribution in [0, 0.1) is 5.41 Å². The first kappa shape index (κ1) is 17.0. The van der Waals surface area contributed by atoms with Crippen molar-refractivity contribution in [3.63, 3.8) is 0 Å². The molecule has 6 heteroatoms. The molecule has 2 heterocycles. The molecule has 6 nitrogen and oxygen atoms in total.